The highest BCUT2D eigenvalue weighted by atomic mass is 16.5. The first-order valence-corrected chi connectivity index (χ1v) is 7.57. The summed E-state index contributed by atoms with van der Waals surface area (Å²) in [6.45, 7) is 0. The summed E-state index contributed by atoms with van der Waals surface area (Å²) < 4.78 is 5.23. The van der Waals surface area contributed by atoms with E-state index in [1.54, 1.807) is 0 Å². The van der Waals surface area contributed by atoms with Crippen molar-refractivity contribution in [1.29, 1.82) is 0 Å². The normalized spacial score (nSPS) is 13.5. The van der Waals surface area contributed by atoms with Crippen LogP contribution in [0.5, 0.6) is 0 Å². The molecule has 3 heteroatoms. The Morgan fingerprint density at radius 3 is 2.18 bits per heavy atom. The Morgan fingerprint density at radius 1 is 1.05 bits per heavy atom. The molecule has 2 unspecified atom stereocenters. The molecule has 0 aliphatic carbocycles. The molecular weight excluding hydrogens is 276 g/mol. The first kappa shape index (κ1) is 16.2. The maximum absolute atomic E-state index is 11.5. The van der Waals surface area contributed by atoms with Crippen LogP contribution in [0.25, 0.3) is 0 Å². The molecule has 0 aromatic heterocycles. The van der Waals surface area contributed by atoms with Crippen molar-refractivity contribution in [3.8, 4) is 0 Å². The van der Waals surface area contributed by atoms with Crippen molar-refractivity contribution in [2.75, 3.05) is 7.11 Å². The van der Waals surface area contributed by atoms with Crippen LogP contribution in [0.3, 0.4) is 0 Å². The Morgan fingerprint density at radius 2 is 1.64 bits per heavy atom. The quantitative estimate of drug-likeness (QED) is 0.804. The van der Waals surface area contributed by atoms with Gasteiger partial charge in [-0.25, -0.2) is 4.79 Å². The minimum atomic E-state index is -0.906. The third-order valence-corrected chi connectivity index (χ3v) is 3.91. The van der Waals surface area contributed by atoms with Gasteiger partial charge in [-0.05, 0) is 30.4 Å². The lowest BCUT2D eigenvalue weighted by atomic mass is 9.88. The Hall–Kier alpha value is -2.13. The van der Waals surface area contributed by atoms with E-state index in [4.69, 9.17) is 4.74 Å². The van der Waals surface area contributed by atoms with Gasteiger partial charge in [0.2, 0.25) is 0 Å². The largest absolute Gasteiger partial charge is 0.479 e. The lowest BCUT2D eigenvalue weighted by molar-refractivity contribution is -0.150. The Balaban J connectivity index is 2.06. The van der Waals surface area contributed by atoms with E-state index < -0.39 is 12.1 Å². The van der Waals surface area contributed by atoms with Crippen LogP contribution >= 0.6 is 0 Å². The highest BCUT2D eigenvalue weighted by molar-refractivity contribution is 5.73. The van der Waals surface area contributed by atoms with E-state index in [-0.39, 0.29) is 5.92 Å². The number of aryl methyl sites for hydroxylation is 1. The van der Waals surface area contributed by atoms with Crippen LogP contribution in [0.2, 0.25) is 0 Å². The molecule has 0 amide bonds. The van der Waals surface area contributed by atoms with Crippen molar-refractivity contribution in [3.05, 3.63) is 71.8 Å². The molecule has 0 heterocycles. The molecule has 22 heavy (non-hydrogen) atoms. The fourth-order valence-electron chi connectivity index (χ4n) is 2.80. The maximum atomic E-state index is 11.5. The van der Waals surface area contributed by atoms with Gasteiger partial charge in [-0.1, -0.05) is 60.7 Å². The van der Waals surface area contributed by atoms with Crippen LogP contribution in [0.1, 0.15) is 29.9 Å². The Bertz CT molecular complexity index is 566. The molecule has 2 rings (SSSR count). The number of carboxylic acids is 1. The molecule has 0 aliphatic rings. The number of benzene rings is 2. The monoisotopic (exact) mass is 298 g/mol. The summed E-state index contributed by atoms with van der Waals surface area (Å²) in [5.74, 6) is -1.04. The van der Waals surface area contributed by atoms with E-state index in [0.29, 0.717) is 0 Å². The predicted octanol–water partition coefficient (Wildman–Crippen LogP) is 3.89. The number of hydrogen-bond donors (Lipinski definition) is 1. The van der Waals surface area contributed by atoms with Gasteiger partial charge < -0.3 is 9.84 Å². The van der Waals surface area contributed by atoms with E-state index in [1.807, 2.05) is 48.5 Å². The summed E-state index contributed by atoms with van der Waals surface area (Å²) in [5, 5.41) is 9.40. The summed E-state index contributed by atoms with van der Waals surface area (Å²) in [6, 6.07) is 20.0. The molecular formula is C19H22O3. The zero-order valence-electron chi connectivity index (χ0n) is 12.8. The molecule has 2 aromatic rings. The number of ether oxygens (including phenoxy) is 1. The SMILES string of the molecule is COC(C(=O)O)C(CCCc1ccccc1)c1ccccc1. The molecule has 0 bridgehead atoms. The van der Waals surface area contributed by atoms with E-state index >= 15 is 0 Å². The van der Waals surface area contributed by atoms with Gasteiger partial charge in [0.05, 0.1) is 0 Å². The van der Waals surface area contributed by atoms with Crippen molar-refractivity contribution in [2.45, 2.75) is 31.3 Å². The van der Waals surface area contributed by atoms with E-state index in [9.17, 15) is 9.90 Å². The number of carbonyl (C=O) groups is 1. The second-order valence-electron chi connectivity index (χ2n) is 5.39. The van der Waals surface area contributed by atoms with Crippen LogP contribution < -0.4 is 0 Å². The Labute approximate surface area is 131 Å². The molecule has 0 radical (unpaired) electrons. The summed E-state index contributed by atoms with van der Waals surface area (Å²) in [6.07, 6.45) is 1.85. The van der Waals surface area contributed by atoms with E-state index in [0.717, 1.165) is 24.8 Å². The molecule has 0 fully saturated rings. The molecule has 0 saturated heterocycles. The zero-order chi connectivity index (χ0) is 15.8. The third kappa shape index (κ3) is 4.43. The number of hydrogen-bond acceptors (Lipinski definition) is 2. The van der Waals surface area contributed by atoms with Crippen molar-refractivity contribution in [1.82, 2.24) is 0 Å². The first-order chi connectivity index (χ1) is 10.7. The first-order valence-electron chi connectivity index (χ1n) is 7.57. The predicted molar refractivity (Wildman–Crippen MR) is 87.0 cm³/mol. The summed E-state index contributed by atoms with van der Waals surface area (Å²) in [4.78, 5) is 11.5. The molecule has 116 valence electrons. The van der Waals surface area contributed by atoms with Gasteiger partial charge in [0.15, 0.2) is 6.10 Å². The van der Waals surface area contributed by atoms with Gasteiger partial charge in [0.25, 0.3) is 0 Å². The summed E-state index contributed by atoms with van der Waals surface area (Å²) >= 11 is 0. The molecule has 1 N–H and O–H groups in total. The summed E-state index contributed by atoms with van der Waals surface area (Å²) in [7, 11) is 1.46. The number of carboxylic acid groups (broad SMARTS) is 1. The second kappa shape index (κ2) is 8.35. The lowest BCUT2D eigenvalue weighted by Gasteiger charge is -2.23. The zero-order valence-corrected chi connectivity index (χ0v) is 12.8. The average Bonchev–Trinajstić information content (AvgIpc) is 2.55. The standard InChI is InChI=1S/C19H22O3/c1-22-18(19(20)21)17(16-12-6-3-7-13-16)14-8-11-15-9-4-2-5-10-15/h2-7,9-10,12-13,17-18H,8,11,14H2,1H3,(H,20,21). The number of methoxy groups -OCH3 is 1. The smallest absolute Gasteiger partial charge is 0.333 e. The number of rotatable bonds is 8. The van der Waals surface area contributed by atoms with Gasteiger partial charge in [-0.15, -0.1) is 0 Å². The van der Waals surface area contributed by atoms with Crippen molar-refractivity contribution in [2.24, 2.45) is 0 Å². The van der Waals surface area contributed by atoms with Gasteiger partial charge in [0.1, 0.15) is 0 Å². The van der Waals surface area contributed by atoms with Gasteiger partial charge in [-0.3, -0.25) is 0 Å². The van der Waals surface area contributed by atoms with E-state index in [2.05, 4.69) is 12.1 Å². The van der Waals surface area contributed by atoms with Crippen molar-refractivity contribution in [3.63, 3.8) is 0 Å². The van der Waals surface area contributed by atoms with Crippen LogP contribution in [0.4, 0.5) is 0 Å². The minimum Gasteiger partial charge on any atom is -0.479 e. The second-order valence-corrected chi connectivity index (χ2v) is 5.39. The van der Waals surface area contributed by atoms with Gasteiger partial charge in [0, 0.05) is 13.0 Å². The van der Waals surface area contributed by atoms with Crippen LogP contribution in [-0.4, -0.2) is 24.3 Å². The molecule has 3 nitrogen and oxygen atoms in total. The third-order valence-electron chi connectivity index (χ3n) is 3.91. The van der Waals surface area contributed by atoms with Crippen LogP contribution in [0.15, 0.2) is 60.7 Å². The van der Waals surface area contributed by atoms with E-state index in [1.165, 1.54) is 12.7 Å². The molecule has 0 aliphatic heterocycles. The topological polar surface area (TPSA) is 46.5 Å². The molecule has 0 spiro atoms. The van der Waals surface area contributed by atoms with Crippen molar-refractivity contribution >= 4 is 5.97 Å². The number of aliphatic carboxylic acids is 1. The average molecular weight is 298 g/mol. The van der Waals surface area contributed by atoms with Gasteiger partial charge >= 0.3 is 5.97 Å². The minimum absolute atomic E-state index is 0.132. The molecule has 0 saturated carbocycles. The fraction of sp³-hybridized carbons (Fsp3) is 0.316. The Kier molecular flexibility index (Phi) is 6.16. The molecule has 2 aromatic carbocycles. The van der Waals surface area contributed by atoms with Crippen molar-refractivity contribution < 1.29 is 14.6 Å². The highest BCUT2D eigenvalue weighted by Gasteiger charge is 2.28. The maximum Gasteiger partial charge on any atom is 0.333 e. The lowest BCUT2D eigenvalue weighted by Crippen LogP contribution is -2.30. The highest BCUT2D eigenvalue weighted by Crippen LogP contribution is 2.27. The molecule has 2 atom stereocenters. The van der Waals surface area contributed by atoms with Crippen LogP contribution in [-0.2, 0) is 16.0 Å². The van der Waals surface area contributed by atoms with Crippen LogP contribution in [0, 0.1) is 0 Å². The van der Waals surface area contributed by atoms with Gasteiger partial charge in [-0.2, -0.15) is 0 Å². The fourth-order valence-corrected chi connectivity index (χ4v) is 2.80. The summed E-state index contributed by atoms with van der Waals surface area (Å²) in [5.41, 5.74) is 2.29.